The Morgan fingerprint density at radius 2 is 2.05 bits per heavy atom. The molecule has 0 amide bonds. The van der Waals surface area contributed by atoms with E-state index >= 15 is 0 Å². The van der Waals surface area contributed by atoms with Gasteiger partial charge in [-0.15, -0.1) is 0 Å². The van der Waals surface area contributed by atoms with Crippen LogP contribution in [-0.4, -0.2) is 14.7 Å². The summed E-state index contributed by atoms with van der Waals surface area (Å²) in [4.78, 5) is 4.29. The van der Waals surface area contributed by atoms with Gasteiger partial charge in [0.1, 0.15) is 11.5 Å². The molecule has 21 heavy (non-hydrogen) atoms. The van der Waals surface area contributed by atoms with E-state index in [4.69, 9.17) is 4.52 Å². The van der Waals surface area contributed by atoms with Crippen molar-refractivity contribution < 1.29 is 4.52 Å². The van der Waals surface area contributed by atoms with Crippen molar-refractivity contribution in [3.8, 4) is 11.8 Å². The van der Waals surface area contributed by atoms with Gasteiger partial charge in [-0.3, -0.25) is 0 Å². The highest BCUT2D eigenvalue weighted by Gasteiger charge is 2.05. The monoisotopic (exact) mass is 277 g/mol. The molecule has 0 atom stereocenters. The van der Waals surface area contributed by atoms with Gasteiger partial charge in [0, 0.05) is 30.4 Å². The molecule has 3 aromatic rings. The van der Waals surface area contributed by atoms with Crippen LogP contribution < -0.4 is 0 Å². The smallest absolute Gasteiger partial charge is 0.210 e. The summed E-state index contributed by atoms with van der Waals surface area (Å²) >= 11 is 0. The number of nitrogens with zero attached hydrogens (tertiary/aromatic N) is 3. The second-order valence-corrected chi connectivity index (χ2v) is 4.62. The fraction of sp³-hybridized carbons (Fsp3) is 0.176. The number of rotatable bonds is 3. The molecule has 2 aromatic heterocycles. The number of hydrogen-bond acceptors (Lipinski definition) is 3. The normalized spacial score (nSPS) is 10.1. The van der Waals surface area contributed by atoms with E-state index in [0.29, 0.717) is 12.3 Å². The first kappa shape index (κ1) is 13.2. The summed E-state index contributed by atoms with van der Waals surface area (Å²) in [6.45, 7) is 2.73. The molecule has 0 saturated carbocycles. The molecule has 1 aromatic carbocycles. The summed E-state index contributed by atoms with van der Waals surface area (Å²) in [6, 6.07) is 11.7. The van der Waals surface area contributed by atoms with E-state index in [-0.39, 0.29) is 0 Å². The molecule has 0 spiro atoms. The first-order valence-corrected chi connectivity index (χ1v) is 6.88. The Kier molecular flexibility index (Phi) is 3.83. The molecule has 104 valence electrons. The van der Waals surface area contributed by atoms with Crippen molar-refractivity contribution in [1.29, 1.82) is 0 Å². The third-order valence-corrected chi connectivity index (χ3v) is 3.11. The first-order chi connectivity index (χ1) is 10.3. The van der Waals surface area contributed by atoms with Gasteiger partial charge in [0.15, 0.2) is 0 Å². The fourth-order valence-corrected chi connectivity index (χ4v) is 2.07. The van der Waals surface area contributed by atoms with Crippen molar-refractivity contribution >= 4 is 0 Å². The predicted octanol–water partition coefficient (Wildman–Crippen LogP) is 2.88. The second kappa shape index (κ2) is 6.10. The number of aromatic nitrogens is 3. The van der Waals surface area contributed by atoms with Crippen LogP contribution in [0.3, 0.4) is 0 Å². The maximum absolute atomic E-state index is 5.25. The van der Waals surface area contributed by atoms with Crippen LogP contribution in [0.1, 0.15) is 29.8 Å². The van der Waals surface area contributed by atoms with Crippen LogP contribution in [0.5, 0.6) is 0 Å². The maximum atomic E-state index is 5.25. The first-order valence-electron chi connectivity index (χ1n) is 6.88. The maximum Gasteiger partial charge on any atom is 0.210 e. The predicted molar refractivity (Wildman–Crippen MR) is 79.6 cm³/mol. The van der Waals surface area contributed by atoms with E-state index in [1.54, 1.807) is 6.20 Å². The molecule has 0 aliphatic carbocycles. The van der Waals surface area contributed by atoms with Crippen molar-refractivity contribution in [1.82, 2.24) is 14.7 Å². The zero-order valence-corrected chi connectivity index (χ0v) is 11.8. The highest BCUT2D eigenvalue weighted by Crippen LogP contribution is 2.07. The molecular formula is C17H15N3O. The fourth-order valence-electron chi connectivity index (χ4n) is 2.07. The highest BCUT2D eigenvalue weighted by molar-refractivity contribution is 5.39. The van der Waals surface area contributed by atoms with Gasteiger partial charge in [0.2, 0.25) is 5.76 Å². The lowest BCUT2D eigenvalue weighted by Gasteiger charge is -2.02. The summed E-state index contributed by atoms with van der Waals surface area (Å²) in [6.07, 6.45) is 4.64. The van der Waals surface area contributed by atoms with E-state index < -0.39 is 0 Å². The summed E-state index contributed by atoms with van der Waals surface area (Å²) in [5.41, 5.74) is 1.80. The average Bonchev–Trinajstić information content (AvgIpc) is 3.16. The zero-order valence-electron chi connectivity index (χ0n) is 11.8. The molecule has 2 heterocycles. The topological polar surface area (TPSA) is 43.9 Å². The minimum Gasteiger partial charge on any atom is -0.347 e. The summed E-state index contributed by atoms with van der Waals surface area (Å²) in [5, 5.41) is 4.05. The average molecular weight is 277 g/mol. The number of imidazole rings is 1. The number of benzene rings is 1. The van der Waals surface area contributed by atoms with Crippen LogP contribution in [0.2, 0.25) is 0 Å². The SMILES string of the molecule is CCc1nccn1Cc1cc(C#Cc2ccccc2)on1. The van der Waals surface area contributed by atoms with E-state index in [0.717, 1.165) is 23.5 Å². The van der Waals surface area contributed by atoms with Crippen LogP contribution in [-0.2, 0) is 13.0 Å². The molecule has 0 fully saturated rings. The molecule has 0 bridgehead atoms. The van der Waals surface area contributed by atoms with Crippen LogP contribution in [0.4, 0.5) is 0 Å². The lowest BCUT2D eigenvalue weighted by atomic mass is 10.2. The molecule has 0 unspecified atom stereocenters. The molecular weight excluding hydrogens is 262 g/mol. The van der Waals surface area contributed by atoms with Gasteiger partial charge >= 0.3 is 0 Å². The van der Waals surface area contributed by atoms with Crippen molar-refractivity contribution in [2.24, 2.45) is 0 Å². The van der Waals surface area contributed by atoms with Gasteiger partial charge in [0.25, 0.3) is 0 Å². The van der Waals surface area contributed by atoms with E-state index in [1.165, 1.54) is 0 Å². The van der Waals surface area contributed by atoms with Crippen molar-refractivity contribution in [3.63, 3.8) is 0 Å². The highest BCUT2D eigenvalue weighted by atomic mass is 16.5. The third kappa shape index (κ3) is 3.21. The van der Waals surface area contributed by atoms with Gasteiger partial charge in [-0.1, -0.05) is 36.2 Å². The molecule has 0 aliphatic heterocycles. The standard InChI is InChI=1S/C17H15N3O/c1-2-17-18-10-11-20(17)13-15-12-16(21-19-15)9-8-14-6-4-3-5-7-14/h3-7,10-12H,2,13H2,1H3. The van der Waals surface area contributed by atoms with Crippen molar-refractivity contribution in [3.05, 3.63) is 71.6 Å². The van der Waals surface area contributed by atoms with E-state index in [2.05, 4.69) is 33.5 Å². The van der Waals surface area contributed by atoms with Gasteiger partial charge in [-0.05, 0) is 18.1 Å². The molecule has 3 rings (SSSR count). The minimum absolute atomic E-state index is 0.576. The summed E-state index contributed by atoms with van der Waals surface area (Å²) < 4.78 is 7.31. The Labute approximate surface area is 123 Å². The van der Waals surface area contributed by atoms with E-state index in [1.807, 2.05) is 42.6 Å². The largest absolute Gasteiger partial charge is 0.347 e. The summed E-state index contributed by atoms with van der Waals surface area (Å²) in [5.74, 6) is 7.65. The lowest BCUT2D eigenvalue weighted by molar-refractivity contribution is 0.401. The van der Waals surface area contributed by atoms with Gasteiger partial charge < -0.3 is 9.09 Å². The molecule has 0 aliphatic rings. The molecule has 0 radical (unpaired) electrons. The molecule has 0 saturated heterocycles. The van der Waals surface area contributed by atoms with E-state index in [9.17, 15) is 0 Å². The molecule has 4 nitrogen and oxygen atoms in total. The lowest BCUT2D eigenvalue weighted by Crippen LogP contribution is -2.03. The number of aryl methyl sites for hydroxylation is 1. The van der Waals surface area contributed by atoms with Crippen molar-refractivity contribution in [2.75, 3.05) is 0 Å². The Morgan fingerprint density at radius 3 is 2.86 bits per heavy atom. The Balaban J connectivity index is 1.74. The van der Waals surface area contributed by atoms with Gasteiger partial charge in [0.05, 0.1) is 6.54 Å². The molecule has 4 heteroatoms. The van der Waals surface area contributed by atoms with Crippen LogP contribution in [0, 0.1) is 11.8 Å². The minimum atomic E-state index is 0.576. The Hall–Kier alpha value is -2.80. The van der Waals surface area contributed by atoms with Crippen LogP contribution in [0.25, 0.3) is 0 Å². The summed E-state index contributed by atoms with van der Waals surface area (Å²) in [7, 11) is 0. The van der Waals surface area contributed by atoms with Gasteiger partial charge in [-0.2, -0.15) is 0 Å². The quantitative estimate of drug-likeness (QED) is 0.691. The third-order valence-electron chi connectivity index (χ3n) is 3.11. The van der Waals surface area contributed by atoms with Gasteiger partial charge in [-0.25, -0.2) is 4.98 Å². The van der Waals surface area contributed by atoms with Crippen LogP contribution >= 0.6 is 0 Å². The Bertz CT molecular complexity index is 775. The second-order valence-electron chi connectivity index (χ2n) is 4.62. The van der Waals surface area contributed by atoms with Crippen LogP contribution in [0.15, 0.2) is 53.3 Å². The zero-order chi connectivity index (χ0) is 14.5. The number of hydrogen-bond donors (Lipinski definition) is 0. The Morgan fingerprint density at radius 1 is 1.19 bits per heavy atom. The van der Waals surface area contributed by atoms with Crippen molar-refractivity contribution in [2.45, 2.75) is 19.9 Å². The molecule has 0 N–H and O–H groups in total.